The standard InChI is InChI=1S/C29H39ClN2O4/c1-26(2,3)21-12-18(13-21)22-7-6-19(14-23(22)30)27(4)20(8-11-36-5)15-32(25(35)31-27)29-10-9-28(16-29,17-29)24(33)34/h6-7,14-15,18,21H,8-13,16-17H2,1-5H3,(H,31,35)(H,33,34)/t18?,21?,27-,28?,29?/m0/s1. The van der Waals surface area contributed by atoms with E-state index >= 15 is 0 Å². The number of hydrogen-bond acceptors (Lipinski definition) is 3. The van der Waals surface area contributed by atoms with Gasteiger partial charge in [-0.15, -0.1) is 0 Å². The van der Waals surface area contributed by atoms with Crippen LogP contribution in [0.3, 0.4) is 0 Å². The monoisotopic (exact) mass is 514 g/mol. The minimum atomic E-state index is -0.739. The Morgan fingerprint density at radius 3 is 2.50 bits per heavy atom. The molecule has 4 aliphatic carbocycles. The maximum Gasteiger partial charge on any atom is 0.322 e. The third-order valence-corrected chi connectivity index (χ3v) is 10.2. The van der Waals surface area contributed by atoms with Crippen molar-refractivity contribution < 1.29 is 19.4 Å². The Morgan fingerprint density at radius 1 is 1.25 bits per heavy atom. The van der Waals surface area contributed by atoms with Gasteiger partial charge in [0.25, 0.3) is 0 Å². The summed E-state index contributed by atoms with van der Waals surface area (Å²) in [6.07, 6.45) is 7.31. The van der Waals surface area contributed by atoms with Gasteiger partial charge in [0, 0.05) is 18.3 Å². The molecule has 2 bridgehead atoms. The fraction of sp³-hybridized carbons (Fsp3) is 0.655. The number of carboxylic acid groups (broad SMARTS) is 1. The molecule has 1 atom stereocenters. The largest absolute Gasteiger partial charge is 0.481 e. The third-order valence-electron chi connectivity index (χ3n) is 9.83. The number of methoxy groups -OCH3 is 1. The Bertz CT molecular complexity index is 1110. The molecule has 4 fully saturated rings. The number of rotatable bonds is 7. The minimum Gasteiger partial charge on any atom is -0.481 e. The summed E-state index contributed by atoms with van der Waals surface area (Å²) in [5.74, 6) is 0.457. The summed E-state index contributed by atoms with van der Waals surface area (Å²) >= 11 is 6.85. The number of urea groups is 1. The van der Waals surface area contributed by atoms with Crippen LogP contribution in [0.2, 0.25) is 5.02 Å². The van der Waals surface area contributed by atoms with Crippen molar-refractivity contribution in [2.45, 2.75) is 89.6 Å². The van der Waals surface area contributed by atoms with E-state index in [9.17, 15) is 14.7 Å². The van der Waals surface area contributed by atoms with E-state index in [1.165, 1.54) is 5.56 Å². The van der Waals surface area contributed by atoms with E-state index in [-0.39, 0.29) is 6.03 Å². The van der Waals surface area contributed by atoms with Crippen molar-refractivity contribution in [1.29, 1.82) is 0 Å². The van der Waals surface area contributed by atoms with Gasteiger partial charge in [-0.3, -0.25) is 9.69 Å². The lowest BCUT2D eigenvalue weighted by molar-refractivity contribution is -0.156. The van der Waals surface area contributed by atoms with Crippen LogP contribution in [0.4, 0.5) is 4.79 Å². The topological polar surface area (TPSA) is 78.9 Å². The second-order valence-electron chi connectivity index (χ2n) is 13.0. The van der Waals surface area contributed by atoms with Crippen molar-refractivity contribution in [2.75, 3.05) is 13.7 Å². The van der Waals surface area contributed by atoms with Crippen LogP contribution in [-0.4, -0.2) is 41.3 Å². The number of carbonyl (C=O) groups is 2. The summed E-state index contributed by atoms with van der Waals surface area (Å²) in [6.45, 7) is 9.47. The number of halogens is 1. The van der Waals surface area contributed by atoms with Gasteiger partial charge in [-0.05, 0) is 91.9 Å². The van der Waals surface area contributed by atoms with Gasteiger partial charge in [0.2, 0.25) is 0 Å². The van der Waals surface area contributed by atoms with Crippen LogP contribution in [-0.2, 0) is 15.1 Å². The highest BCUT2D eigenvalue weighted by atomic mass is 35.5. The number of ether oxygens (including phenoxy) is 1. The van der Waals surface area contributed by atoms with Crippen molar-refractivity contribution in [3.63, 3.8) is 0 Å². The predicted molar refractivity (Wildman–Crippen MR) is 140 cm³/mol. The van der Waals surface area contributed by atoms with Crippen molar-refractivity contribution in [3.8, 4) is 0 Å². The van der Waals surface area contributed by atoms with E-state index in [0.717, 1.165) is 35.4 Å². The molecule has 5 aliphatic rings. The average molecular weight is 515 g/mol. The highest BCUT2D eigenvalue weighted by molar-refractivity contribution is 6.31. The van der Waals surface area contributed by atoms with Crippen LogP contribution < -0.4 is 5.32 Å². The van der Waals surface area contributed by atoms with Gasteiger partial charge in [-0.2, -0.15) is 0 Å². The molecule has 1 aliphatic heterocycles. The number of nitrogens with one attached hydrogen (secondary N) is 1. The van der Waals surface area contributed by atoms with Crippen molar-refractivity contribution in [1.82, 2.24) is 10.2 Å². The summed E-state index contributed by atoms with van der Waals surface area (Å²) in [4.78, 5) is 27.1. The number of hydrogen-bond donors (Lipinski definition) is 2. The summed E-state index contributed by atoms with van der Waals surface area (Å²) < 4.78 is 5.40. The first-order valence-corrected chi connectivity index (χ1v) is 13.6. The van der Waals surface area contributed by atoms with Gasteiger partial charge in [0.15, 0.2) is 0 Å². The molecule has 0 spiro atoms. The molecule has 6 rings (SSSR count). The zero-order valence-electron chi connectivity index (χ0n) is 22.1. The van der Waals surface area contributed by atoms with Crippen molar-refractivity contribution in [2.24, 2.45) is 16.7 Å². The van der Waals surface area contributed by atoms with Crippen LogP contribution in [0, 0.1) is 16.7 Å². The van der Waals surface area contributed by atoms with E-state index in [0.29, 0.717) is 49.5 Å². The molecule has 0 aromatic heterocycles. The molecular formula is C29H39ClN2O4. The number of benzene rings is 1. The van der Waals surface area contributed by atoms with Gasteiger partial charge in [-0.1, -0.05) is 44.5 Å². The molecule has 2 N–H and O–H groups in total. The molecule has 1 aromatic carbocycles. The smallest absolute Gasteiger partial charge is 0.322 e. The SMILES string of the molecule is COCCC1=CN(C23CCC(C(=O)O)(C2)C3)C(=O)N[C@@]1(C)c1ccc(C2CC(C(C)(C)C)C2)c(Cl)c1. The first-order valence-electron chi connectivity index (χ1n) is 13.2. The molecule has 196 valence electrons. The second-order valence-corrected chi connectivity index (χ2v) is 13.4. The Labute approximate surface area is 219 Å². The van der Waals surface area contributed by atoms with Crippen LogP contribution in [0.1, 0.15) is 89.7 Å². The van der Waals surface area contributed by atoms with Crippen LogP contribution in [0.5, 0.6) is 0 Å². The Morgan fingerprint density at radius 2 is 1.94 bits per heavy atom. The van der Waals surface area contributed by atoms with Gasteiger partial charge in [0.1, 0.15) is 0 Å². The zero-order valence-corrected chi connectivity index (χ0v) is 22.9. The number of amides is 2. The van der Waals surface area contributed by atoms with E-state index in [4.69, 9.17) is 16.3 Å². The third kappa shape index (κ3) is 3.87. The summed E-state index contributed by atoms with van der Waals surface area (Å²) in [6, 6.07) is 6.09. The first-order chi connectivity index (χ1) is 16.8. The van der Waals surface area contributed by atoms with E-state index < -0.39 is 22.5 Å². The number of aliphatic carboxylic acids is 1. The van der Waals surface area contributed by atoms with E-state index in [2.05, 4.69) is 38.2 Å². The Kier molecular flexibility index (Phi) is 6.03. The first kappa shape index (κ1) is 25.6. The second kappa shape index (κ2) is 8.49. The van der Waals surface area contributed by atoms with Crippen LogP contribution >= 0.6 is 11.6 Å². The number of carbonyl (C=O) groups excluding carboxylic acids is 1. The molecule has 1 aromatic rings. The number of fused-ring (bicyclic) bond motifs is 1. The maximum atomic E-state index is 13.5. The summed E-state index contributed by atoms with van der Waals surface area (Å²) in [7, 11) is 1.68. The fourth-order valence-corrected chi connectivity index (χ4v) is 7.50. The highest BCUT2D eigenvalue weighted by Crippen LogP contribution is 2.64. The quantitative estimate of drug-likeness (QED) is 0.439. The van der Waals surface area contributed by atoms with Gasteiger partial charge < -0.3 is 15.2 Å². The van der Waals surface area contributed by atoms with Gasteiger partial charge in [-0.25, -0.2) is 4.79 Å². The molecular weight excluding hydrogens is 476 g/mol. The Hall–Kier alpha value is -2.05. The van der Waals surface area contributed by atoms with Crippen molar-refractivity contribution >= 4 is 23.6 Å². The molecule has 0 radical (unpaired) electrons. The molecule has 1 heterocycles. The van der Waals surface area contributed by atoms with Gasteiger partial charge >= 0.3 is 12.0 Å². The van der Waals surface area contributed by atoms with E-state index in [1.54, 1.807) is 12.0 Å². The summed E-state index contributed by atoms with van der Waals surface area (Å²) in [5, 5.41) is 13.7. The normalized spacial score (nSPS) is 35.6. The molecule has 0 unspecified atom stereocenters. The number of nitrogens with zero attached hydrogens (tertiary/aromatic N) is 1. The molecule has 6 nitrogen and oxygen atoms in total. The molecule has 4 saturated carbocycles. The zero-order chi connectivity index (χ0) is 26.1. The predicted octanol–water partition coefficient (Wildman–Crippen LogP) is 6.44. The maximum absolute atomic E-state index is 13.5. The molecule has 2 amide bonds. The van der Waals surface area contributed by atoms with Crippen LogP contribution in [0.15, 0.2) is 30.0 Å². The average Bonchev–Trinajstić information content (AvgIpc) is 3.30. The number of carboxylic acids is 1. The lowest BCUT2D eigenvalue weighted by atomic mass is 9.61. The molecule has 0 saturated heterocycles. The Balaban J connectivity index is 1.42. The lowest BCUT2D eigenvalue weighted by Crippen LogP contribution is -2.64. The van der Waals surface area contributed by atoms with E-state index in [1.807, 2.05) is 19.2 Å². The minimum absolute atomic E-state index is 0.174. The molecule has 36 heavy (non-hydrogen) atoms. The summed E-state index contributed by atoms with van der Waals surface area (Å²) in [5.41, 5.74) is 1.72. The fourth-order valence-electron chi connectivity index (χ4n) is 7.16. The van der Waals surface area contributed by atoms with Crippen LogP contribution in [0.25, 0.3) is 0 Å². The molecule has 7 heteroatoms. The highest BCUT2D eigenvalue weighted by Gasteiger charge is 2.68. The van der Waals surface area contributed by atoms with Crippen molar-refractivity contribution in [3.05, 3.63) is 46.1 Å². The lowest BCUT2D eigenvalue weighted by Gasteiger charge is -2.53. The van der Waals surface area contributed by atoms with Gasteiger partial charge in [0.05, 0.1) is 23.1 Å².